The first-order chi connectivity index (χ1) is 9.65. The van der Waals surface area contributed by atoms with Crippen LogP contribution in [-0.4, -0.2) is 42.1 Å². The summed E-state index contributed by atoms with van der Waals surface area (Å²) in [5.74, 6) is 1.72. The van der Waals surface area contributed by atoms with Gasteiger partial charge in [0.1, 0.15) is 24.3 Å². The van der Waals surface area contributed by atoms with Gasteiger partial charge in [0.2, 0.25) is 5.91 Å². The molecule has 0 aliphatic carbocycles. The number of ether oxygens (including phenoxy) is 1. The molecule has 0 aromatic carbocycles. The number of carbonyl (C=O) groups excluding carboxylic acids is 1. The van der Waals surface area contributed by atoms with Crippen molar-refractivity contribution in [2.45, 2.75) is 32.4 Å². The minimum Gasteiger partial charge on any atom is -0.374 e. The number of nitrogens with zero attached hydrogens (tertiary/aromatic N) is 3. The summed E-state index contributed by atoms with van der Waals surface area (Å²) in [6.45, 7) is 3.67. The van der Waals surface area contributed by atoms with Gasteiger partial charge in [-0.3, -0.25) is 4.79 Å². The molecule has 7 nitrogen and oxygen atoms in total. The molecule has 1 aliphatic rings. The molecule has 0 radical (unpaired) electrons. The summed E-state index contributed by atoms with van der Waals surface area (Å²) in [5.41, 5.74) is 5.45. The monoisotopic (exact) mass is 279 g/mol. The first-order valence-electron chi connectivity index (χ1n) is 6.85. The van der Waals surface area contributed by atoms with Gasteiger partial charge in [0.05, 0.1) is 0 Å². The molecule has 0 spiro atoms. The Bertz CT molecular complexity index is 480. The maximum absolute atomic E-state index is 11.5. The predicted octanol–water partition coefficient (Wildman–Crippen LogP) is 0.509. The predicted molar refractivity (Wildman–Crippen MR) is 76.5 cm³/mol. The van der Waals surface area contributed by atoms with Crippen LogP contribution in [0, 0.1) is 0 Å². The molecule has 20 heavy (non-hydrogen) atoms. The second-order valence-corrected chi connectivity index (χ2v) is 4.67. The summed E-state index contributed by atoms with van der Waals surface area (Å²) < 4.78 is 5.35. The lowest BCUT2D eigenvalue weighted by Gasteiger charge is -2.24. The SMILES string of the molecule is CCOCc1nc(NC)cc(N2CCCC2C(N)=O)n1. The van der Waals surface area contributed by atoms with Crippen LogP contribution in [0.5, 0.6) is 0 Å². The molecule has 2 heterocycles. The summed E-state index contributed by atoms with van der Waals surface area (Å²) >= 11 is 0. The van der Waals surface area contributed by atoms with Crippen LogP contribution in [-0.2, 0) is 16.1 Å². The first kappa shape index (κ1) is 14.5. The molecule has 1 aliphatic heterocycles. The summed E-state index contributed by atoms with van der Waals surface area (Å²) in [7, 11) is 1.80. The van der Waals surface area contributed by atoms with E-state index in [1.54, 1.807) is 7.05 Å². The van der Waals surface area contributed by atoms with Gasteiger partial charge in [0.25, 0.3) is 0 Å². The highest BCUT2D eigenvalue weighted by atomic mass is 16.5. The number of amides is 1. The lowest BCUT2D eigenvalue weighted by molar-refractivity contribution is -0.119. The molecule has 3 N–H and O–H groups in total. The molecule has 2 rings (SSSR count). The van der Waals surface area contributed by atoms with Crippen molar-refractivity contribution in [2.75, 3.05) is 30.4 Å². The molecule has 110 valence electrons. The molecule has 0 bridgehead atoms. The minimum atomic E-state index is -0.307. The van der Waals surface area contributed by atoms with E-state index in [1.807, 2.05) is 17.9 Å². The zero-order valence-corrected chi connectivity index (χ0v) is 11.9. The molecule has 1 aromatic heterocycles. The average Bonchev–Trinajstić information content (AvgIpc) is 2.94. The smallest absolute Gasteiger partial charge is 0.240 e. The van der Waals surface area contributed by atoms with Crippen LogP contribution in [0.15, 0.2) is 6.07 Å². The molecule has 1 amide bonds. The number of aromatic nitrogens is 2. The van der Waals surface area contributed by atoms with E-state index < -0.39 is 0 Å². The molecular weight excluding hydrogens is 258 g/mol. The Hall–Kier alpha value is -1.89. The summed E-state index contributed by atoms with van der Waals surface area (Å²) in [6.07, 6.45) is 1.71. The molecular formula is C13H21N5O2. The number of nitrogens with two attached hydrogens (primary N) is 1. The molecule has 1 unspecified atom stereocenters. The number of carbonyl (C=O) groups is 1. The lowest BCUT2D eigenvalue weighted by Crippen LogP contribution is -2.40. The maximum Gasteiger partial charge on any atom is 0.240 e. The number of nitrogens with one attached hydrogen (secondary N) is 1. The van der Waals surface area contributed by atoms with E-state index >= 15 is 0 Å². The molecule has 1 aromatic rings. The Morgan fingerprint density at radius 2 is 2.40 bits per heavy atom. The Balaban J connectivity index is 2.27. The Morgan fingerprint density at radius 1 is 1.60 bits per heavy atom. The fraction of sp³-hybridized carbons (Fsp3) is 0.615. The van der Waals surface area contributed by atoms with E-state index in [2.05, 4.69) is 15.3 Å². The highest BCUT2D eigenvalue weighted by Crippen LogP contribution is 2.25. The van der Waals surface area contributed by atoms with Crippen molar-refractivity contribution in [1.82, 2.24) is 9.97 Å². The summed E-state index contributed by atoms with van der Waals surface area (Å²) in [4.78, 5) is 22.3. The summed E-state index contributed by atoms with van der Waals surface area (Å²) in [6, 6.07) is 1.55. The van der Waals surface area contributed by atoms with Crippen molar-refractivity contribution in [3.05, 3.63) is 11.9 Å². The molecule has 0 saturated carbocycles. The number of hydrogen-bond donors (Lipinski definition) is 2. The molecule has 1 saturated heterocycles. The zero-order chi connectivity index (χ0) is 14.5. The fourth-order valence-electron chi connectivity index (χ4n) is 2.35. The van der Waals surface area contributed by atoms with E-state index in [0.29, 0.717) is 24.9 Å². The van der Waals surface area contributed by atoms with Gasteiger partial charge < -0.3 is 20.7 Å². The van der Waals surface area contributed by atoms with Crippen LogP contribution in [0.1, 0.15) is 25.6 Å². The number of rotatable bonds is 6. The Morgan fingerprint density at radius 3 is 3.05 bits per heavy atom. The Kier molecular flexibility index (Phi) is 4.73. The zero-order valence-electron chi connectivity index (χ0n) is 11.9. The van der Waals surface area contributed by atoms with Gasteiger partial charge in [-0.05, 0) is 19.8 Å². The lowest BCUT2D eigenvalue weighted by atomic mass is 10.2. The van der Waals surface area contributed by atoms with Crippen molar-refractivity contribution in [1.29, 1.82) is 0 Å². The normalized spacial score (nSPS) is 18.3. The van der Waals surface area contributed by atoms with Gasteiger partial charge in [-0.15, -0.1) is 0 Å². The van der Waals surface area contributed by atoms with Crippen molar-refractivity contribution in [3.8, 4) is 0 Å². The minimum absolute atomic E-state index is 0.283. The summed E-state index contributed by atoms with van der Waals surface area (Å²) in [5, 5.41) is 3.00. The topological polar surface area (TPSA) is 93.4 Å². The van der Waals surface area contributed by atoms with E-state index in [9.17, 15) is 4.79 Å². The van der Waals surface area contributed by atoms with Gasteiger partial charge in [-0.1, -0.05) is 0 Å². The van der Waals surface area contributed by atoms with Gasteiger partial charge >= 0.3 is 0 Å². The van der Waals surface area contributed by atoms with Crippen molar-refractivity contribution in [3.63, 3.8) is 0 Å². The van der Waals surface area contributed by atoms with Crippen LogP contribution >= 0.6 is 0 Å². The highest BCUT2D eigenvalue weighted by molar-refractivity contribution is 5.84. The number of anilines is 2. The fourth-order valence-corrected chi connectivity index (χ4v) is 2.35. The average molecular weight is 279 g/mol. The number of primary amides is 1. The van der Waals surface area contributed by atoms with Gasteiger partial charge in [-0.2, -0.15) is 0 Å². The van der Waals surface area contributed by atoms with E-state index in [-0.39, 0.29) is 11.9 Å². The van der Waals surface area contributed by atoms with Crippen LogP contribution in [0.3, 0.4) is 0 Å². The van der Waals surface area contributed by atoms with Gasteiger partial charge in [0.15, 0.2) is 5.82 Å². The third-order valence-electron chi connectivity index (χ3n) is 3.33. The van der Waals surface area contributed by atoms with E-state index in [0.717, 1.165) is 25.2 Å². The van der Waals surface area contributed by atoms with Crippen molar-refractivity contribution in [2.24, 2.45) is 5.73 Å². The second kappa shape index (κ2) is 6.51. The molecule has 1 atom stereocenters. The second-order valence-electron chi connectivity index (χ2n) is 4.67. The van der Waals surface area contributed by atoms with Gasteiger partial charge in [-0.25, -0.2) is 9.97 Å². The maximum atomic E-state index is 11.5. The van der Waals surface area contributed by atoms with Crippen molar-refractivity contribution < 1.29 is 9.53 Å². The largest absolute Gasteiger partial charge is 0.374 e. The quantitative estimate of drug-likeness (QED) is 0.788. The Labute approximate surface area is 118 Å². The third-order valence-corrected chi connectivity index (χ3v) is 3.33. The number of hydrogen-bond acceptors (Lipinski definition) is 6. The standard InChI is InChI=1S/C13H21N5O2/c1-3-20-8-11-16-10(15-2)7-12(17-11)18-6-4-5-9(18)13(14)19/h7,9H,3-6,8H2,1-2H3,(H2,14,19)(H,15,16,17). The first-order valence-corrected chi connectivity index (χ1v) is 6.85. The van der Waals surface area contributed by atoms with Crippen LogP contribution < -0.4 is 16.0 Å². The van der Waals surface area contributed by atoms with Crippen LogP contribution in [0.25, 0.3) is 0 Å². The molecule has 1 fully saturated rings. The molecule has 7 heteroatoms. The highest BCUT2D eigenvalue weighted by Gasteiger charge is 2.30. The van der Waals surface area contributed by atoms with E-state index in [1.165, 1.54) is 0 Å². The van der Waals surface area contributed by atoms with E-state index in [4.69, 9.17) is 10.5 Å². The van der Waals surface area contributed by atoms with Gasteiger partial charge in [0, 0.05) is 26.3 Å². The van der Waals surface area contributed by atoms with Crippen LogP contribution in [0.2, 0.25) is 0 Å². The third kappa shape index (κ3) is 3.16. The van der Waals surface area contributed by atoms with Crippen LogP contribution in [0.4, 0.5) is 11.6 Å². The van der Waals surface area contributed by atoms with Crippen molar-refractivity contribution >= 4 is 17.5 Å².